The van der Waals surface area contributed by atoms with Crippen molar-refractivity contribution < 1.29 is 14.4 Å². The summed E-state index contributed by atoms with van der Waals surface area (Å²) in [6.07, 6.45) is 2.01. The highest BCUT2D eigenvalue weighted by atomic mass is 35.5. The van der Waals surface area contributed by atoms with Crippen molar-refractivity contribution in [1.82, 2.24) is 4.90 Å². The number of halogens is 1. The van der Waals surface area contributed by atoms with Crippen LogP contribution in [-0.2, 0) is 14.4 Å². The van der Waals surface area contributed by atoms with Gasteiger partial charge in [-0.2, -0.15) is 0 Å². The van der Waals surface area contributed by atoms with E-state index < -0.39 is 17.9 Å². The monoisotopic (exact) mass is 498 g/mol. The minimum Gasteiger partial charge on any atom is -0.324 e. The first-order valence-electron chi connectivity index (χ1n) is 12.6. The van der Waals surface area contributed by atoms with Crippen molar-refractivity contribution >= 4 is 35.0 Å². The molecular formula is C30H27ClN2O3. The van der Waals surface area contributed by atoms with Gasteiger partial charge in [0, 0.05) is 22.5 Å². The van der Waals surface area contributed by atoms with Gasteiger partial charge in [-0.25, -0.2) is 0 Å². The Balaban J connectivity index is 1.40. The molecule has 1 fully saturated rings. The highest BCUT2D eigenvalue weighted by molar-refractivity contribution is 6.31. The molecule has 1 aliphatic heterocycles. The van der Waals surface area contributed by atoms with E-state index in [9.17, 15) is 14.4 Å². The molecule has 1 heterocycles. The van der Waals surface area contributed by atoms with Crippen LogP contribution in [0.25, 0.3) is 0 Å². The number of hydrogen-bond acceptors (Lipinski definition) is 3. The minimum absolute atomic E-state index is 0.184. The lowest BCUT2D eigenvalue weighted by molar-refractivity contribution is -0.147. The van der Waals surface area contributed by atoms with Gasteiger partial charge in [0.05, 0.1) is 11.8 Å². The van der Waals surface area contributed by atoms with Gasteiger partial charge in [-0.3, -0.25) is 19.3 Å². The number of carbonyl (C=O) groups is 3. The molecule has 0 radical (unpaired) electrons. The zero-order chi connectivity index (χ0) is 25.0. The van der Waals surface area contributed by atoms with Crippen LogP contribution < -0.4 is 5.32 Å². The summed E-state index contributed by atoms with van der Waals surface area (Å²) in [5.74, 6) is -2.16. The Morgan fingerprint density at radius 3 is 1.86 bits per heavy atom. The van der Waals surface area contributed by atoms with Crippen LogP contribution in [-0.4, -0.2) is 28.7 Å². The van der Waals surface area contributed by atoms with Crippen LogP contribution in [0.5, 0.6) is 0 Å². The third-order valence-electron chi connectivity index (χ3n) is 8.02. The van der Waals surface area contributed by atoms with Crippen LogP contribution in [0, 0.1) is 11.8 Å². The number of hydrogen-bond donors (Lipinski definition) is 1. The summed E-state index contributed by atoms with van der Waals surface area (Å²) in [5.41, 5.74) is 5.04. The molecule has 5 nitrogen and oxygen atoms in total. The van der Waals surface area contributed by atoms with Gasteiger partial charge in [0.15, 0.2) is 0 Å². The molecule has 3 aliphatic carbocycles. The number of benzene rings is 3. The molecule has 2 bridgehead atoms. The van der Waals surface area contributed by atoms with E-state index in [2.05, 4.69) is 29.6 Å². The normalized spacial score (nSPS) is 24.2. The second-order valence-electron chi connectivity index (χ2n) is 9.97. The van der Waals surface area contributed by atoms with E-state index in [4.69, 9.17) is 11.6 Å². The Morgan fingerprint density at radius 2 is 1.39 bits per heavy atom. The summed E-state index contributed by atoms with van der Waals surface area (Å²) >= 11 is 6.11. The topological polar surface area (TPSA) is 66.5 Å². The van der Waals surface area contributed by atoms with Crippen molar-refractivity contribution in [1.29, 1.82) is 0 Å². The van der Waals surface area contributed by atoms with E-state index in [1.165, 1.54) is 4.90 Å². The fraction of sp³-hybridized carbons (Fsp3) is 0.300. The highest BCUT2D eigenvalue weighted by Gasteiger charge is 2.62. The van der Waals surface area contributed by atoms with E-state index in [-0.39, 0.29) is 29.6 Å². The molecule has 6 heteroatoms. The third kappa shape index (κ3) is 3.40. The summed E-state index contributed by atoms with van der Waals surface area (Å²) in [6, 6.07) is 22.4. The van der Waals surface area contributed by atoms with Crippen molar-refractivity contribution in [3.8, 4) is 0 Å². The quantitative estimate of drug-likeness (QED) is 0.441. The predicted octanol–water partition coefficient (Wildman–Crippen LogP) is 5.73. The van der Waals surface area contributed by atoms with Gasteiger partial charge >= 0.3 is 0 Å². The number of carbonyl (C=O) groups excluding carboxylic acids is 3. The number of amides is 3. The molecule has 3 atom stereocenters. The molecule has 1 N–H and O–H groups in total. The van der Waals surface area contributed by atoms with Crippen molar-refractivity contribution in [3.63, 3.8) is 0 Å². The van der Waals surface area contributed by atoms with Gasteiger partial charge in [0.25, 0.3) is 0 Å². The van der Waals surface area contributed by atoms with Crippen LogP contribution in [0.4, 0.5) is 5.69 Å². The first kappa shape index (κ1) is 23.0. The van der Waals surface area contributed by atoms with Gasteiger partial charge in [-0.15, -0.1) is 0 Å². The van der Waals surface area contributed by atoms with Crippen molar-refractivity contribution in [2.45, 2.75) is 44.1 Å². The maximum absolute atomic E-state index is 14.1. The zero-order valence-corrected chi connectivity index (χ0v) is 20.7. The maximum atomic E-state index is 14.1. The highest BCUT2D eigenvalue weighted by Crippen LogP contribution is 2.61. The molecule has 0 spiro atoms. The molecule has 4 aliphatic rings. The Labute approximate surface area is 215 Å². The Bertz CT molecular complexity index is 1270. The number of likely N-dealkylation sites (tertiary alicyclic amines) is 1. The van der Waals surface area contributed by atoms with E-state index in [0.29, 0.717) is 17.1 Å². The van der Waals surface area contributed by atoms with Gasteiger partial charge in [0.1, 0.15) is 6.04 Å². The average molecular weight is 499 g/mol. The number of nitrogens with one attached hydrogen (secondary N) is 1. The lowest BCUT2D eigenvalue weighted by atomic mass is 9.55. The molecule has 3 aromatic carbocycles. The third-order valence-corrected chi connectivity index (χ3v) is 8.26. The van der Waals surface area contributed by atoms with Crippen LogP contribution in [0.15, 0.2) is 72.8 Å². The summed E-state index contributed by atoms with van der Waals surface area (Å²) in [4.78, 5) is 43.0. The predicted molar refractivity (Wildman–Crippen MR) is 139 cm³/mol. The second-order valence-corrected chi connectivity index (χ2v) is 10.4. The number of nitrogens with zero attached hydrogens (tertiary/aromatic N) is 1. The SMILES string of the molecule is CCCC[C@@H](C(=O)Nc1cccc(Cl)c1)N1C(=O)[C@@H]2C3c4ccccc4C(c4ccccc43)[C@@H]2C1=O. The van der Waals surface area contributed by atoms with Gasteiger partial charge in [-0.1, -0.05) is 86.0 Å². The molecule has 0 aromatic heterocycles. The first-order valence-corrected chi connectivity index (χ1v) is 13.0. The van der Waals surface area contributed by atoms with Crippen LogP contribution in [0.3, 0.4) is 0 Å². The Morgan fingerprint density at radius 1 is 0.861 bits per heavy atom. The second kappa shape index (κ2) is 8.90. The van der Waals surface area contributed by atoms with Gasteiger partial charge < -0.3 is 5.32 Å². The molecule has 3 amide bonds. The Kier molecular flexibility index (Phi) is 5.68. The molecule has 36 heavy (non-hydrogen) atoms. The lowest BCUT2D eigenvalue weighted by Gasteiger charge is -2.45. The molecule has 0 saturated carbocycles. The molecular weight excluding hydrogens is 472 g/mol. The van der Waals surface area contributed by atoms with Crippen molar-refractivity contribution in [2.24, 2.45) is 11.8 Å². The van der Waals surface area contributed by atoms with E-state index in [1.807, 2.05) is 31.2 Å². The van der Waals surface area contributed by atoms with Crippen molar-refractivity contribution in [3.05, 3.63) is 100 Å². The number of anilines is 1. The van der Waals surface area contributed by atoms with Crippen LogP contribution in [0.2, 0.25) is 5.02 Å². The summed E-state index contributed by atoms with van der Waals surface area (Å²) in [6.45, 7) is 2.03. The van der Waals surface area contributed by atoms with Crippen LogP contribution in [0.1, 0.15) is 60.3 Å². The van der Waals surface area contributed by atoms with Gasteiger partial charge in [-0.05, 0) is 46.9 Å². The fourth-order valence-electron chi connectivity index (χ4n) is 6.57. The van der Waals surface area contributed by atoms with E-state index in [0.717, 1.165) is 35.1 Å². The standard InChI is InChI=1S/C30H27ClN2O3/c1-2-3-15-23(28(34)32-18-10-8-9-17(31)16-18)33-29(35)26-24-19-11-4-5-12-20(19)25(27(26)30(33)36)22-14-7-6-13-21(22)24/h4-14,16,23-27H,2-3,15H2,1H3,(H,32,34)/t23-,24?,25?,26-,27+/m0/s1. The van der Waals surface area contributed by atoms with Crippen LogP contribution >= 0.6 is 11.6 Å². The minimum atomic E-state index is -0.861. The Hall–Kier alpha value is -3.44. The summed E-state index contributed by atoms with van der Waals surface area (Å²) < 4.78 is 0. The van der Waals surface area contributed by atoms with Gasteiger partial charge in [0.2, 0.25) is 17.7 Å². The number of rotatable bonds is 6. The average Bonchev–Trinajstić information content (AvgIpc) is 3.15. The van der Waals surface area contributed by atoms with E-state index in [1.54, 1.807) is 24.3 Å². The smallest absolute Gasteiger partial charge is 0.247 e. The van der Waals surface area contributed by atoms with Crippen molar-refractivity contribution in [2.75, 3.05) is 5.32 Å². The first-order chi connectivity index (χ1) is 17.5. The molecule has 1 saturated heterocycles. The summed E-state index contributed by atoms with van der Waals surface area (Å²) in [5, 5.41) is 3.40. The number of unbranched alkanes of at least 4 members (excludes halogenated alkanes) is 1. The maximum Gasteiger partial charge on any atom is 0.247 e. The fourth-order valence-corrected chi connectivity index (χ4v) is 6.76. The molecule has 0 unspecified atom stereocenters. The summed E-state index contributed by atoms with van der Waals surface area (Å²) in [7, 11) is 0. The van der Waals surface area contributed by atoms with E-state index >= 15 is 0 Å². The molecule has 3 aromatic rings. The zero-order valence-electron chi connectivity index (χ0n) is 20.0. The lowest BCUT2D eigenvalue weighted by Crippen LogP contribution is -2.48. The molecule has 7 rings (SSSR count). The number of imide groups is 1. The molecule has 182 valence electrons. The largest absolute Gasteiger partial charge is 0.324 e.